The van der Waals surface area contributed by atoms with E-state index >= 15 is 0 Å². The molecule has 1 atom stereocenters. The fourth-order valence-corrected chi connectivity index (χ4v) is 4.68. The Balaban J connectivity index is 1.41. The van der Waals surface area contributed by atoms with Gasteiger partial charge in [0.2, 0.25) is 0 Å². The Morgan fingerprint density at radius 2 is 1.51 bits per heavy atom. The average molecular weight is 563 g/mol. The number of benzene rings is 4. The van der Waals surface area contributed by atoms with Crippen LogP contribution in [0, 0.1) is 0 Å². The summed E-state index contributed by atoms with van der Waals surface area (Å²) >= 11 is 6.26. The van der Waals surface area contributed by atoms with E-state index in [-0.39, 0.29) is 6.42 Å². The summed E-state index contributed by atoms with van der Waals surface area (Å²) in [5, 5.41) is 13.0. The van der Waals surface area contributed by atoms with Crippen molar-refractivity contribution < 1.29 is 19.4 Å². The van der Waals surface area contributed by atoms with E-state index in [0.29, 0.717) is 27.6 Å². The van der Waals surface area contributed by atoms with Crippen LogP contribution < -0.4 is 15.0 Å². The number of carbonyl (C=O) groups excluding carboxylic acids is 1. The van der Waals surface area contributed by atoms with Crippen LogP contribution in [-0.4, -0.2) is 17.0 Å². The number of amides is 1. The SMILES string of the molecule is O=C(O)CC(NC(=O)c1cc(Cl)ccc1N1C=CC=CC=C1)c1ccc(-c2ccccc2Oc2ccccc2)cc1. The van der Waals surface area contributed by atoms with Gasteiger partial charge in [0.1, 0.15) is 11.5 Å². The van der Waals surface area contributed by atoms with E-state index in [4.69, 9.17) is 16.3 Å². The lowest BCUT2D eigenvalue weighted by Gasteiger charge is -2.22. The van der Waals surface area contributed by atoms with Crippen molar-refractivity contribution in [3.63, 3.8) is 0 Å². The summed E-state index contributed by atoms with van der Waals surface area (Å²) in [7, 11) is 0. The van der Waals surface area contributed by atoms with Gasteiger partial charge in [-0.25, -0.2) is 0 Å². The van der Waals surface area contributed by atoms with Crippen LogP contribution in [0.15, 0.2) is 134 Å². The highest BCUT2D eigenvalue weighted by molar-refractivity contribution is 6.31. The number of halogens is 1. The highest BCUT2D eigenvalue weighted by atomic mass is 35.5. The number of allylic oxidation sites excluding steroid dienone is 4. The highest BCUT2D eigenvalue weighted by Crippen LogP contribution is 2.34. The van der Waals surface area contributed by atoms with Gasteiger partial charge in [-0.3, -0.25) is 9.59 Å². The molecule has 1 heterocycles. The molecule has 0 aliphatic carbocycles. The predicted octanol–water partition coefficient (Wildman–Crippen LogP) is 8.15. The number of carbonyl (C=O) groups is 2. The number of nitrogens with one attached hydrogen (secondary N) is 1. The lowest BCUT2D eigenvalue weighted by molar-refractivity contribution is -0.137. The largest absolute Gasteiger partial charge is 0.481 e. The summed E-state index contributed by atoms with van der Waals surface area (Å²) in [5.41, 5.74) is 3.38. The predicted molar refractivity (Wildman–Crippen MR) is 162 cm³/mol. The lowest BCUT2D eigenvalue weighted by atomic mass is 9.98. The van der Waals surface area contributed by atoms with Crippen LogP contribution >= 0.6 is 11.6 Å². The van der Waals surface area contributed by atoms with E-state index in [1.165, 1.54) is 0 Å². The monoisotopic (exact) mass is 562 g/mol. The number of nitrogens with zero attached hydrogens (tertiary/aromatic N) is 1. The molecule has 41 heavy (non-hydrogen) atoms. The van der Waals surface area contributed by atoms with Crippen molar-refractivity contribution in [3.05, 3.63) is 150 Å². The number of rotatable bonds is 9. The van der Waals surface area contributed by atoms with Crippen molar-refractivity contribution in [2.24, 2.45) is 0 Å². The average Bonchev–Trinajstić information content (AvgIpc) is 3.27. The summed E-state index contributed by atoms with van der Waals surface area (Å²) in [6, 6.07) is 29.0. The van der Waals surface area contributed by atoms with Crippen molar-refractivity contribution in [3.8, 4) is 22.6 Å². The Morgan fingerprint density at radius 3 is 2.22 bits per heavy atom. The van der Waals surface area contributed by atoms with Crippen LogP contribution in [0.5, 0.6) is 11.5 Å². The normalized spacial score (nSPS) is 13.0. The zero-order valence-electron chi connectivity index (χ0n) is 22.0. The molecular weight excluding hydrogens is 536 g/mol. The van der Waals surface area contributed by atoms with Gasteiger partial charge >= 0.3 is 5.97 Å². The number of hydrogen-bond acceptors (Lipinski definition) is 4. The van der Waals surface area contributed by atoms with Crippen LogP contribution in [0.3, 0.4) is 0 Å². The Bertz CT molecular complexity index is 1610. The molecule has 0 radical (unpaired) electrons. The van der Waals surface area contributed by atoms with Crippen LogP contribution in [-0.2, 0) is 4.79 Å². The maximum absolute atomic E-state index is 13.5. The highest BCUT2D eigenvalue weighted by Gasteiger charge is 2.22. The molecule has 4 aromatic rings. The minimum Gasteiger partial charge on any atom is -0.481 e. The molecule has 0 saturated carbocycles. The summed E-state index contributed by atoms with van der Waals surface area (Å²) in [5.74, 6) is -0.0408. The Hall–Kier alpha value is -5.07. The van der Waals surface area contributed by atoms with Gasteiger partial charge < -0.3 is 20.1 Å². The van der Waals surface area contributed by atoms with Crippen molar-refractivity contribution in [2.45, 2.75) is 12.5 Å². The Kier molecular flexibility index (Phi) is 8.62. The molecule has 2 N–H and O–H groups in total. The second kappa shape index (κ2) is 12.9. The molecule has 1 aliphatic heterocycles. The molecule has 7 heteroatoms. The minimum atomic E-state index is -1.03. The van der Waals surface area contributed by atoms with Crippen LogP contribution in [0.1, 0.15) is 28.4 Å². The Morgan fingerprint density at radius 1 is 0.829 bits per heavy atom. The summed E-state index contributed by atoms with van der Waals surface area (Å²) in [4.78, 5) is 27.1. The third kappa shape index (κ3) is 6.93. The van der Waals surface area contributed by atoms with Gasteiger partial charge in [0, 0.05) is 23.0 Å². The number of carboxylic acids is 1. The van der Waals surface area contributed by atoms with Gasteiger partial charge in [-0.15, -0.1) is 0 Å². The first-order valence-electron chi connectivity index (χ1n) is 13.0. The van der Waals surface area contributed by atoms with Gasteiger partial charge in [-0.05, 0) is 59.7 Å². The number of aliphatic carboxylic acids is 1. The molecule has 5 rings (SSSR count). The summed E-state index contributed by atoms with van der Waals surface area (Å²) < 4.78 is 6.11. The first-order chi connectivity index (χ1) is 20.0. The third-order valence-corrected chi connectivity index (χ3v) is 6.71. The first-order valence-corrected chi connectivity index (χ1v) is 13.4. The molecule has 1 unspecified atom stereocenters. The zero-order chi connectivity index (χ0) is 28.6. The minimum absolute atomic E-state index is 0.290. The van der Waals surface area contributed by atoms with E-state index in [1.807, 2.05) is 116 Å². The molecule has 1 aliphatic rings. The molecule has 204 valence electrons. The number of para-hydroxylation sites is 2. The second-order valence-electron chi connectivity index (χ2n) is 9.29. The number of carboxylic acid groups (broad SMARTS) is 1. The van der Waals surface area contributed by atoms with E-state index in [2.05, 4.69) is 5.32 Å². The number of hydrogen-bond donors (Lipinski definition) is 2. The molecule has 0 fully saturated rings. The quantitative estimate of drug-likeness (QED) is 0.215. The van der Waals surface area contributed by atoms with E-state index < -0.39 is 17.9 Å². The fourth-order valence-electron chi connectivity index (χ4n) is 4.51. The maximum atomic E-state index is 13.5. The van der Waals surface area contributed by atoms with Crippen molar-refractivity contribution in [1.29, 1.82) is 0 Å². The topological polar surface area (TPSA) is 78.9 Å². The van der Waals surface area contributed by atoms with Gasteiger partial charge in [-0.2, -0.15) is 0 Å². The molecule has 6 nitrogen and oxygen atoms in total. The maximum Gasteiger partial charge on any atom is 0.305 e. The van der Waals surface area contributed by atoms with Gasteiger partial charge in [0.05, 0.1) is 23.7 Å². The molecule has 0 spiro atoms. The van der Waals surface area contributed by atoms with Crippen molar-refractivity contribution in [2.75, 3.05) is 4.90 Å². The standard InChI is InChI=1S/C34H27ClN2O4/c35-26-18-19-31(37-20-8-1-2-9-21-37)29(22-26)34(40)36-30(23-33(38)39)25-16-14-24(15-17-25)28-12-6-7-13-32(28)41-27-10-4-3-5-11-27/h1-22,30H,23H2,(H,36,40)(H,38,39). The Labute approximate surface area is 243 Å². The number of anilines is 1. The van der Waals surface area contributed by atoms with Crippen LogP contribution in [0.4, 0.5) is 5.69 Å². The van der Waals surface area contributed by atoms with Crippen molar-refractivity contribution >= 4 is 29.2 Å². The molecule has 4 aromatic carbocycles. The summed E-state index contributed by atoms with van der Waals surface area (Å²) in [6.45, 7) is 0. The van der Waals surface area contributed by atoms with Crippen LogP contribution in [0.25, 0.3) is 11.1 Å². The molecule has 0 bridgehead atoms. The molecule has 0 aromatic heterocycles. The lowest BCUT2D eigenvalue weighted by Crippen LogP contribution is -2.31. The van der Waals surface area contributed by atoms with E-state index in [0.717, 1.165) is 16.9 Å². The van der Waals surface area contributed by atoms with Gasteiger partial charge in [-0.1, -0.05) is 84.4 Å². The van der Waals surface area contributed by atoms with Crippen LogP contribution in [0.2, 0.25) is 5.02 Å². The van der Waals surface area contributed by atoms with E-state index in [1.54, 1.807) is 23.1 Å². The molecule has 1 amide bonds. The fraction of sp³-hybridized carbons (Fsp3) is 0.0588. The first kappa shape index (κ1) is 27.5. The molecule has 0 saturated heterocycles. The zero-order valence-corrected chi connectivity index (χ0v) is 22.7. The second-order valence-corrected chi connectivity index (χ2v) is 9.73. The van der Waals surface area contributed by atoms with E-state index in [9.17, 15) is 14.7 Å². The molecular formula is C34H27ClN2O4. The smallest absolute Gasteiger partial charge is 0.305 e. The van der Waals surface area contributed by atoms with Gasteiger partial charge in [0.25, 0.3) is 5.91 Å². The number of ether oxygens (including phenoxy) is 1. The van der Waals surface area contributed by atoms with Crippen molar-refractivity contribution in [1.82, 2.24) is 5.32 Å². The third-order valence-electron chi connectivity index (χ3n) is 6.47. The summed E-state index contributed by atoms with van der Waals surface area (Å²) in [6.07, 6.45) is 10.8. The van der Waals surface area contributed by atoms with Gasteiger partial charge in [0.15, 0.2) is 0 Å².